The summed E-state index contributed by atoms with van der Waals surface area (Å²) in [6, 6.07) is 15.9. The summed E-state index contributed by atoms with van der Waals surface area (Å²) in [5.74, 6) is -0.575. The highest BCUT2D eigenvalue weighted by atomic mass is 16.3. The zero-order valence-electron chi connectivity index (χ0n) is 13.3. The number of aliphatic imine (C=N–C) groups is 1. The zero-order chi connectivity index (χ0) is 17.3. The van der Waals surface area contributed by atoms with Crippen molar-refractivity contribution >= 4 is 28.6 Å². The van der Waals surface area contributed by atoms with E-state index in [2.05, 4.69) is 4.99 Å². The molecule has 5 heteroatoms. The summed E-state index contributed by atoms with van der Waals surface area (Å²) in [7, 11) is 3.85. The lowest BCUT2D eigenvalue weighted by atomic mass is 10.1. The Balaban J connectivity index is 2.03. The van der Waals surface area contributed by atoms with Crippen molar-refractivity contribution in [2.75, 3.05) is 19.0 Å². The van der Waals surface area contributed by atoms with Crippen molar-refractivity contribution in [1.29, 1.82) is 5.26 Å². The van der Waals surface area contributed by atoms with E-state index < -0.39 is 0 Å². The highest BCUT2D eigenvalue weighted by Crippen LogP contribution is 2.32. The molecule has 1 N–H and O–H groups in total. The van der Waals surface area contributed by atoms with E-state index in [9.17, 15) is 15.2 Å². The molecule has 0 fully saturated rings. The Labute approximate surface area is 139 Å². The summed E-state index contributed by atoms with van der Waals surface area (Å²) in [4.78, 5) is 18.7. The van der Waals surface area contributed by atoms with Crippen molar-refractivity contribution in [2.45, 2.75) is 0 Å². The second-order valence-corrected chi connectivity index (χ2v) is 5.58. The number of nitrogens with zero attached hydrogens (tertiary/aromatic N) is 3. The maximum atomic E-state index is 12.5. The van der Waals surface area contributed by atoms with Gasteiger partial charge in [0.2, 0.25) is 0 Å². The lowest BCUT2D eigenvalue weighted by molar-refractivity contribution is 0.104. The van der Waals surface area contributed by atoms with Gasteiger partial charge in [-0.25, -0.2) is 4.99 Å². The van der Waals surface area contributed by atoms with Gasteiger partial charge >= 0.3 is 0 Å². The second kappa shape index (κ2) is 6.01. The van der Waals surface area contributed by atoms with Gasteiger partial charge in [0.1, 0.15) is 17.4 Å². The number of carbonyl (C=O) groups excluding carboxylic acids is 1. The van der Waals surface area contributed by atoms with Crippen molar-refractivity contribution in [1.82, 2.24) is 0 Å². The van der Waals surface area contributed by atoms with Crippen LogP contribution in [0.3, 0.4) is 0 Å². The highest BCUT2D eigenvalue weighted by Gasteiger charge is 2.32. The molecule has 0 spiro atoms. The summed E-state index contributed by atoms with van der Waals surface area (Å²) < 4.78 is 0. The van der Waals surface area contributed by atoms with Crippen LogP contribution in [-0.2, 0) is 0 Å². The first-order valence-corrected chi connectivity index (χ1v) is 7.37. The van der Waals surface area contributed by atoms with Crippen LogP contribution in [0.4, 0.5) is 11.4 Å². The number of Topliss-reactive ketones (excluding diaryl/α,β-unsaturated/α-hetero) is 1. The first-order valence-electron chi connectivity index (χ1n) is 7.37. The smallest absolute Gasteiger partial charge is 0.200 e. The Morgan fingerprint density at radius 3 is 2.25 bits per heavy atom. The first-order chi connectivity index (χ1) is 11.5. The van der Waals surface area contributed by atoms with Gasteiger partial charge in [-0.1, -0.05) is 24.3 Å². The van der Waals surface area contributed by atoms with Crippen LogP contribution in [0.2, 0.25) is 0 Å². The number of carbonyl (C=O) groups is 1. The van der Waals surface area contributed by atoms with Gasteiger partial charge in [-0.15, -0.1) is 0 Å². The van der Waals surface area contributed by atoms with Crippen LogP contribution in [0.1, 0.15) is 15.9 Å². The number of hydrogen-bond acceptors (Lipinski definition) is 5. The Hall–Kier alpha value is -3.39. The van der Waals surface area contributed by atoms with Crippen molar-refractivity contribution in [3.8, 4) is 6.07 Å². The number of aliphatic hydroxyl groups is 1. The monoisotopic (exact) mass is 317 g/mol. The molecular formula is C19H15N3O2. The minimum Gasteiger partial charge on any atom is -0.506 e. The average Bonchev–Trinajstić information content (AvgIpc) is 2.85. The number of allylic oxidation sites excluding steroid dienone is 1. The van der Waals surface area contributed by atoms with Gasteiger partial charge in [-0.05, 0) is 24.3 Å². The van der Waals surface area contributed by atoms with Crippen LogP contribution < -0.4 is 4.90 Å². The van der Waals surface area contributed by atoms with Crippen molar-refractivity contribution < 1.29 is 9.90 Å². The first kappa shape index (κ1) is 15.5. The third-order valence-corrected chi connectivity index (χ3v) is 3.84. The highest BCUT2D eigenvalue weighted by molar-refractivity contribution is 6.39. The van der Waals surface area contributed by atoms with Crippen LogP contribution in [0.25, 0.3) is 5.76 Å². The Bertz CT molecular complexity index is 916. The normalized spacial score (nSPS) is 13.7. The van der Waals surface area contributed by atoms with Crippen molar-refractivity contribution in [2.24, 2.45) is 4.99 Å². The number of benzene rings is 2. The molecule has 0 saturated heterocycles. The van der Waals surface area contributed by atoms with Gasteiger partial charge < -0.3 is 10.0 Å². The fourth-order valence-electron chi connectivity index (χ4n) is 2.58. The molecule has 118 valence electrons. The minimum atomic E-state index is -0.381. The molecule has 3 rings (SSSR count). The minimum absolute atomic E-state index is 0.0459. The molecule has 0 saturated carbocycles. The molecule has 0 heterocycles. The molecular weight excluding hydrogens is 302 g/mol. The molecule has 0 aromatic heterocycles. The number of hydrogen-bond donors (Lipinski definition) is 1. The van der Waals surface area contributed by atoms with Gasteiger partial charge in [0.05, 0.1) is 5.69 Å². The molecule has 0 bridgehead atoms. The standard InChI is InChI=1S/C19H15N3O2/c1-22(2)13-9-7-12(8-10-13)21-16(11-20)17-18(23)14-5-3-4-6-15(14)19(17)24/h3-10,23H,1-2H3. The number of anilines is 1. The van der Waals surface area contributed by atoms with Gasteiger partial charge in [-0.2, -0.15) is 5.26 Å². The van der Waals surface area contributed by atoms with E-state index in [1.54, 1.807) is 36.4 Å². The quantitative estimate of drug-likeness (QED) is 0.879. The molecule has 0 radical (unpaired) electrons. The van der Waals surface area contributed by atoms with E-state index >= 15 is 0 Å². The molecule has 24 heavy (non-hydrogen) atoms. The maximum absolute atomic E-state index is 12.5. The third kappa shape index (κ3) is 2.55. The Morgan fingerprint density at radius 1 is 1.08 bits per heavy atom. The van der Waals surface area contributed by atoms with Crippen LogP contribution >= 0.6 is 0 Å². The fourth-order valence-corrected chi connectivity index (χ4v) is 2.58. The van der Waals surface area contributed by atoms with E-state index in [1.807, 2.05) is 37.2 Å². The topological polar surface area (TPSA) is 76.7 Å². The molecule has 2 aromatic carbocycles. The molecule has 0 unspecified atom stereocenters. The second-order valence-electron chi connectivity index (χ2n) is 5.58. The number of fused-ring (bicyclic) bond motifs is 1. The van der Waals surface area contributed by atoms with Gasteiger partial charge in [0.15, 0.2) is 11.5 Å². The molecule has 1 aliphatic carbocycles. The molecule has 2 aromatic rings. The van der Waals surface area contributed by atoms with Crippen LogP contribution in [0.5, 0.6) is 0 Å². The van der Waals surface area contributed by atoms with Gasteiger partial charge in [-0.3, -0.25) is 4.79 Å². The van der Waals surface area contributed by atoms with Crippen molar-refractivity contribution in [3.63, 3.8) is 0 Å². The summed E-state index contributed by atoms with van der Waals surface area (Å²) in [6.07, 6.45) is 0. The van der Waals surface area contributed by atoms with E-state index in [-0.39, 0.29) is 22.8 Å². The summed E-state index contributed by atoms with van der Waals surface area (Å²) in [5, 5.41) is 19.7. The molecule has 1 aliphatic rings. The van der Waals surface area contributed by atoms with Crippen LogP contribution in [0.15, 0.2) is 59.1 Å². The predicted molar refractivity (Wildman–Crippen MR) is 93.8 cm³/mol. The third-order valence-electron chi connectivity index (χ3n) is 3.84. The zero-order valence-corrected chi connectivity index (χ0v) is 13.3. The average molecular weight is 317 g/mol. The largest absolute Gasteiger partial charge is 0.506 e. The summed E-state index contributed by atoms with van der Waals surface area (Å²) in [5.41, 5.74) is 2.22. The SMILES string of the molecule is CN(C)c1ccc(N=C(C#N)C2=C(O)c3ccccc3C2=O)cc1. The number of aliphatic hydroxyl groups excluding tert-OH is 1. The predicted octanol–water partition coefficient (Wildman–Crippen LogP) is 3.51. The van der Waals surface area contributed by atoms with Crippen LogP contribution in [0, 0.1) is 11.3 Å². The molecule has 0 amide bonds. The fraction of sp³-hybridized carbons (Fsp3) is 0.105. The van der Waals surface area contributed by atoms with Gasteiger partial charge in [0.25, 0.3) is 0 Å². The lowest BCUT2D eigenvalue weighted by Crippen LogP contribution is -2.09. The van der Waals surface area contributed by atoms with Crippen LogP contribution in [-0.4, -0.2) is 30.7 Å². The molecule has 0 atom stereocenters. The maximum Gasteiger partial charge on any atom is 0.200 e. The number of rotatable bonds is 3. The number of nitriles is 1. The Kier molecular flexibility index (Phi) is 3.88. The van der Waals surface area contributed by atoms with E-state index in [1.165, 1.54) is 0 Å². The lowest BCUT2D eigenvalue weighted by Gasteiger charge is -2.11. The van der Waals surface area contributed by atoms with E-state index in [0.717, 1.165) is 5.69 Å². The van der Waals surface area contributed by atoms with E-state index in [4.69, 9.17) is 0 Å². The Morgan fingerprint density at radius 2 is 1.71 bits per heavy atom. The molecule has 0 aliphatic heterocycles. The van der Waals surface area contributed by atoms with Crippen molar-refractivity contribution in [3.05, 3.63) is 65.2 Å². The van der Waals surface area contributed by atoms with Gasteiger partial charge in [0, 0.05) is 30.9 Å². The summed E-state index contributed by atoms with van der Waals surface area (Å²) >= 11 is 0. The summed E-state index contributed by atoms with van der Waals surface area (Å²) in [6.45, 7) is 0. The van der Waals surface area contributed by atoms with E-state index in [0.29, 0.717) is 16.8 Å². The molecule has 5 nitrogen and oxygen atoms in total. The number of ketones is 1.